The molecule has 4 aromatic rings. The van der Waals surface area contributed by atoms with Crippen LogP contribution >= 0.6 is 11.3 Å². The number of likely N-dealkylation sites (N-methyl/N-ethyl adjacent to an activating group) is 1. The number of thiophene rings is 1. The van der Waals surface area contributed by atoms with Crippen molar-refractivity contribution in [3.63, 3.8) is 0 Å². The van der Waals surface area contributed by atoms with Crippen LogP contribution in [0.1, 0.15) is 38.6 Å². The number of nitrogens with zero attached hydrogens (tertiary/aromatic N) is 3. The van der Waals surface area contributed by atoms with Gasteiger partial charge in [-0.15, -0.1) is 11.3 Å². The Morgan fingerprint density at radius 3 is 2.84 bits per heavy atom. The molecule has 0 radical (unpaired) electrons. The standard InChI is InChI=1S/C24H24N4O3S/c1-28-11-12-30-18(15-28)22-17-9-5-6-10-19(17)32-23(22)24(29)25-14-21-26-20(27-31-21)13-16-7-3-2-4-8-16/h2-10,18H,11-15H2,1H3,(H,25,29)/t18-/m0/s1. The maximum absolute atomic E-state index is 13.2. The molecule has 1 atom stereocenters. The molecule has 0 bridgehead atoms. The van der Waals surface area contributed by atoms with E-state index in [1.807, 2.05) is 48.5 Å². The number of hydrogen-bond donors (Lipinski definition) is 1. The molecule has 5 rings (SSSR count). The molecule has 1 aliphatic rings. The second-order valence-corrected chi connectivity index (χ2v) is 8.96. The van der Waals surface area contributed by atoms with Crippen LogP contribution in [-0.4, -0.2) is 47.7 Å². The minimum atomic E-state index is -0.152. The Balaban J connectivity index is 1.33. The van der Waals surface area contributed by atoms with Crippen LogP contribution in [0.5, 0.6) is 0 Å². The molecule has 1 fully saturated rings. The lowest BCUT2D eigenvalue weighted by Gasteiger charge is -2.30. The monoisotopic (exact) mass is 448 g/mol. The summed E-state index contributed by atoms with van der Waals surface area (Å²) in [6, 6.07) is 18.1. The summed E-state index contributed by atoms with van der Waals surface area (Å²) in [5, 5.41) is 8.06. The first-order chi connectivity index (χ1) is 15.7. The van der Waals surface area contributed by atoms with Gasteiger partial charge >= 0.3 is 0 Å². The van der Waals surface area contributed by atoms with Gasteiger partial charge in [-0.2, -0.15) is 4.98 Å². The fourth-order valence-corrected chi connectivity index (χ4v) is 5.13. The minimum Gasteiger partial charge on any atom is -0.371 e. The van der Waals surface area contributed by atoms with E-state index in [1.165, 1.54) is 11.3 Å². The molecule has 1 amide bonds. The molecule has 7 nitrogen and oxygen atoms in total. The van der Waals surface area contributed by atoms with Crippen LogP contribution in [0.3, 0.4) is 0 Å². The molecule has 164 valence electrons. The molecule has 1 saturated heterocycles. The number of rotatable bonds is 6. The van der Waals surface area contributed by atoms with Gasteiger partial charge in [-0.25, -0.2) is 0 Å². The van der Waals surface area contributed by atoms with Crippen molar-refractivity contribution in [1.82, 2.24) is 20.4 Å². The van der Waals surface area contributed by atoms with Gasteiger partial charge in [0.2, 0.25) is 5.89 Å². The van der Waals surface area contributed by atoms with E-state index in [-0.39, 0.29) is 18.6 Å². The van der Waals surface area contributed by atoms with E-state index >= 15 is 0 Å². The lowest BCUT2D eigenvalue weighted by Crippen LogP contribution is -2.36. The van der Waals surface area contributed by atoms with E-state index in [0.29, 0.717) is 29.6 Å². The van der Waals surface area contributed by atoms with Crippen molar-refractivity contribution in [2.45, 2.75) is 19.1 Å². The van der Waals surface area contributed by atoms with Crippen molar-refractivity contribution in [3.05, 3.63) is 82.3 Å². The van der Waals surface area contributed by atoms with Crippen molar-refractivity contribution in [2.75, 3.05) is 26.7 Å². The van der Waals surface area contributed by atoms with Gasteiger partial charge in [0.15, 0.2) is 5.82 Å². The molecule has 0 spiro atoms. The number of amides is 1. The molecule has 2 aromatic carbocycles. The minimum absolute atomic E-state index is 0.133. The van der Waals surface area contributed by atoms with Crippen LogP contribution in [-0.2, 0) is 17.7 Å². The van der Waals surface area contributed by atoms with E-state index in [0.717, 1.165) is 34.3 Å². The van der Waals surface area contributed by atoms with Crippen molar-refractivity contribution in [2.24, 2.45) is 0 Å². The van der Waals surface area contributed by atoms with Crippen LogP contribution in [0, 0.1) is 0 Å². The van der Waals surface area contributed by atoms with Gasteiger partial charge in [-0.05, 0) is 24.1 Å². The molecule has 1 aliphatic heterocycles. The van der Waals surface area contributed by atoms with Gasteiger partial charge in [-0.3, -0.25) is 4.79 Å². The average molecular weight is 449 g/mol. The van der Waals surface area contributed by atoms with E-state index in [2.05, 4.69) is 33.5 Å². The molecular formula is C24H24N4O3S. The predicted molar refractivity (Wildman–Crippen MR) is 123 cm³/mol. The lowest BCUT2D eigenvalue weighted by molar-refractivity contribution is -0.0202. The first-order valence-corrected chi connectivity index (χ1v) is 11.4. The summed E-state index contributed by atoms with van der Waals surface area (Å²) in [6.07, 6.45) is 0.456. The van der Waals surface area contributed by atoms with Gasteiger partial charge < -0.3 is 19.5 Å². The summed E-state index contributed by atoms with van der Waals surface area (Å²) >= 11 is 1.49. The fraction of sp³-hybridized carbons (Fsp3) is 0.292. The molecule has 3 heterocycles. The number of aromatic nitrogens is 2. The van der Waals surface area contributed by atoms with E-state index < -0.39 is 0 Å². The number of carbonyl (C=O) groups is 1. The van der Waals surface area contributed by atoms with Crippen LogP contribution in [0.2, 0.25) is 0 Å². The first-order valence-electron chi connectivity index (χ1n) is 10.6. The van der Waals surface area contributed by atoms with E-state index in [1.54, 1.807) is 0 Å². The van der Waals surface area contributed by atoms with Crippen molar-refractivity contribution in [1.29, 1.82) is 0 Å². The number of fused-ring (bicyclic) bond motifs is 1. The van der Waals surface area contributed by atoms with Gasteiger partial charge in [-0.1, -0.05) is 53.7 Å². The molecule has 1 N–H and O–H groups in total. The molecular weight excluding hydrogens is 424 g/mol. The maximum Gasteiger partial charge on any atom is 0.262 e. The average Bonchev–Trinajstić information content (AvgIpc) is 3.42. The summed E-state index contributed by atoms with van der Waals surface area (Å²) in [5.41, 5.74) is 2.07. The number of morpholine rings is 1. The third kappa shape index (κ3) is 4.43. The second kappa shape index (κ2) is 9.20. The fourth-order valence-electron chi connectivity index (χ4n) is 3.95. The zero-order valence-electron chi connectivity index (χ0n) is 17.8. The Hall–Kier alpha value is -3.07. The largest absolute Gasteiger partial charge is 0.371 e. The summed E-state index contributed by atoms with van der Waals surface area (Å²) in [7, 11) is 2.08. The quantitative estimate of drug-likeness (QED) is 0.483. The highest BCUT2D eigenvalue weighted by molar-refractivity contribution is 7.21. The number of ether oxygens (including phenoxy) is 1. The predicted octanol–water partition coefficient (Wildman–Crippen LogP) is 3.81. The number of carbonyl (C=O) groups excluding carboxylic acids is 1. The second-order valence-electron chi connectivity index (χ2n) is 7.91. The zero-order valence-corrected chi connectivity index (χ0v) is 18.6. The van der Waals surface area contributed by atoms with Gasteiger partial charge in [0, 0.05) is 29.8 Å². The highest BCUT2D eigenvalue weighted by Crippen LogP contribution is 2.38. The van der Waals surface area contributed by atoms with Gasteiger partial charge in [0.05, 0.1) is 24.1 Å². The first kappa shape index (κ1) is 20.8. The molecule has 0 aliphatic carbocycles. The summed E-state index contributed by atoms with van der Waals surface area (Å²) in [6.45, 7) is 2.48. The molecule has 8 heteroatoms. The Bertz CT molecular complexity index is 1220. The molecule has 32 heavy (non-hydrogen) atoms. The molecule has 0 saturated carbocycles. The van der Waals surface area contributed by atoms with Crippen LogP contribution in [0.4, 0.5) is 0 Å². The third-order valence-electron chi connectivity index (χ3n) is 5.55. The van der Waals surface area contributed by atoms with Gasteiger partial charge in [0.1, 0.15) is 0 Å². The number of benzene rings is 2. The highest BCUT2D eigenvalue weighted by Gasteiger charge is 2.28. The van der Waals surface area contributed by atoms with Crippen molar-refractivity contribution < 1.29 is 14.1 Å². The topological polar surface area (TPSA) is 80.5 Å². The van der Waals surface area contributed by atoms with E-state index in [9.17, 15) is 4.79 Å². The Kier molecular flexibility index (Phi) is 5.98. The van der Waals surface area contributed by atoms with Crippen molar-refractivity contribution >= 4 is 27.3 Å². The summed E-state index contributed by atoms with van der Waals surface area (Å²) in [5.74, 6) is 0.836. The van der Waals surface area contributed by atoms with Gasteiger partial charge in [0.25, 0.3) is 5.91 Å². The Morgan fingerprint density at radius 1 is 1.19 bits per heavy atom. The maximum atomic E-state index is 13.2. The van der Waals surface area contributed by atoms with Crippen LogP contribution in [0.25, 0.3) is 10.1 Å². The number of nitrogens with one attached hydrogen (secondary N) is 1. The van der Waals surface area contributed by atoms with Crippen LogP contribution < -0.4 is 5.32 Å². The zero-order chi connectivity index (χ0) is 21.9. The van der Waals surface area contributed by atoms with Crippen molar-refractivity contribution in [3.8, 4) is 0 Å². The summed E-state index contributed by atoms with van der Waals surface area (Å²) < 4.78 is 12.5. The normalized spacial score (nSPS) is 17.0. The highest BCUT2D eigenvalue weighted by atomic mass is 32.1. The lowest BCUT2D eigenvalue weighted by atomic mass is 10.0. The molecule has 2 aromatic heterocycles. The Morgan fingerprint density at radius 2 is 2.00 bits per heavy atom. The van der Waals surface area contributed by atoms with E-state index in [4.69, 9.17) is 9.26 Å². The Labute approximate surface area is 190 Å². The van der Waals surface area contributed by atoms with Crippen LogP contribution in [0.15, 0.2) is 59.1 Å². The number of hydrogen-bond acceptors (Lipinski definition) is 7. The molecule has 0 unspecified atom stereocenters. The SMILES string of the molecule is CN1CCO[C@H](c2c(C(=O)NCc3nc(Cc4ccccc4)no3)sc3ccccc23)C1. The smallest absolute Gasteiger partial charge is 0.262 e. The summed E-state index contributed by atoms with van der Waals surface area (Å²) in [4.78, 5) is 20.5. The third-order valence-corrected chi connectivity index (χ3v) is 6.73.